The van der Waals surface area contributed by atoms with Gasteiger partial charge in [0.15, 0.2) is 5.60 Å². The van der Waals surface area contributed by atoms with Gasteiger partial charge in [-0.25, -0.2) is 4.79 Å². The summed E-state index contributed by atoms with van der Waals surface area (Å²) < 4.78 is 4.96. The summed E-state index contributed by atoms with van der Waals surface area (Å²) in [6.07, 6.45) is 4.69. The summed E-state index contributed by atoms with van der Waals surface area (Å²) in [5.41, 5.74) is -1.31. The van der Waals surface area contributed by atoms with Crippen molar-refractivity contribution in [1.82, 2.24) is 0 Å². The fourth-order valence-electron chi connectivity index (χ4n) is 0.994. The fraction of sp³-hybridized carbons (Fsp3) is 0.909. The molecule has 1 atom stereocenters. The molecule has 0 unspecified atom stereocenters. The summed E-state index contributed by atoms with van der Waals surface area (Å²) in [5, 5.41) is 9.52. The van der Waals surface area contributed by atoms with E-state index >= 15 is 0 Å². The van der Waals surface area contributed by atoms with E-state index in [1.807, 2.05) is 0 Å². The van der Waals surface area contributed by atoms with Gasteiger partial charge in [-0.2, -0.15) is 0 Å². The number of hydrogen-bond donors (Lipinski definition) is 1. The highest BCUT2D eigenvalue weighted by molar-refractivity contribution is 5.78. The standard InChI is InChI=1S/C11H22O3/c1-4-6-7-8-9-14-10(12)11(3,13)5-2/h13H,4-9H2,1-3H3/t11-/m1/s1. The van der Waals surface area contributed by atoms with Gasteiger partial charge in [0.2, 0.25) is 0 Å². The third-order valence-corrected chi connectivity index (χ3v) is 2.36. The molecule has 0 aliphatic heterocycles. The molecule has 0 saturated carbocycles. The van der Waals surface area contributed by atoms with Crippen LogP contribution in [0.25, 0.3) is 0 Å². The van der Waals surface area contributed by atoms with Crippen molar-refractivity contribution in [2.24, 2.45) is 0 Å². The lowest BCUT2D eigenvalue weighted by Gasteiger charge is -2.18. The molecule has 0 rings (SSSR count). The number of ether oxygens (including phenoxy) is 1. The third kappa shape index (κ3) is 5.22. The SMILES string of the molecule is CCCCCCOC(=O)[C@](C)(O)CC. The highest BCUT2D eigenvalue weighted by atomic mass is 16.5. The van der Waals surface area contributed by atoms with Gasteiger partial charge in [-0.05, 0) is 19.8 Å². The van der Waals surface area contributed by atoms with Gasteiger partial charge >= 0.3 is 5.97 Å². The summed E-state index contributed by atoms with van der Waals surface area (Å²) in [6.45, 7) is 5.81. The van der Waals surface area contributed by atoms with Crippen LogP contribution in [0.3, 0.4) is 0 Å². The fourth-order valence-corrected chi connectivity index (χ4v) is 0.994. The molecule has 0 aromatic rings. The molecule has 0 aromatic carbocycles. The van der Waals surface area contributed by atoms with Crippen LogP contribution in [0.1, 0.15) is 52.9 Å². The largest absolute Gasteiger partial charge is 0.464 e. The topological polar surface area (TPSA) is 46.5 Å². The lowest BCUT2D eigenvalue weighted by atomic mass is 10.1. The van der Waals surface area contributed by atoms with Crippen molar-refractivity contribution in [3.8, 4) is 0 Å². The predicted molar refractivity (Wildman–Crippen MR) is 56.0 cm³/mol. The smallest absolute Gasteiger partial charge is 0.337 e. The zero-order valence-corrected chi connectivity index (χ0v) is 9.51. The van der Waals surface area contributed by atoms with Crippen molar-refractivity contribution in [1.29, 1.82) is 0 Å². The van der Waals surface area contributed by atoms with Crippen LogP contribution >= 0.6 is 0 Å². The van der Waals surface area contributed by atoms with E-state index in [9.17, 15) is 9.90 Å². The molecule has 84 valence electrons. The zero-order valence-electron chi connectivity index (χ0n) is 9.51. The van der Waals surface area contributed by atoms with Gasteiger partial charge in [-0.1, -0.05) is 33.1 Å². The molecule has 14 heavy (non-hydrogen) atoms. The Labute approximate surface area is 86.5 Å². The Kier molecular flexibility index (Phi) is 6.54. The van der Waals surface area contributed by atoms with E-state index < -0.39 is 11.6 Å². The van der Waals surface area contributed by atoms with E-state index in [0.717, 1.165) is 12.8 Å². The van der Waals surface area contributed by atoms with Gasteiger partial charge in [0.25, 0.3) is 0 Å². The molecule has 0 aliphatic rings. The van der Waals surface area contributed by atoms with Gasteiger partial charge < -0.3 is 9.84 Å². The van der Waals surface area contributed by atoms with Gasteiger partial charge in [-0.3, -0.25) is 0 Å². The Morgan fingerprint density at radius 1 is 1.29 bits per heavy atom. The Bertz CT molecular complexity index is 164. The van der Waals surface area contributed by atoms with Gasteiger partial charge in [0, 0.05) is 0 Å². The first-order valence-corrected chi connectivity index (χ1v) is 5.44. The minimum absolute atomic E-state index is 0.390. The molecule has 0 heterocycles. The number of carbonyl (C=O) groups excluding carboxylic acids is 1. The number of aliphatic hydroxyl groups is 1. The molecule has 3 nitrogen and oxygen atoms in total. The van der Waals surface area contributed by atoms with Crippen molar-refractivity contribution in [3.05, 3.63) is 0 Å². The summed E-state index contributed by atoms with van der Waals surface area (Å²) in [6, 6.07) is 0. The van der Waals surface area contributed by atoms with Crippen LogP contribution in [0.15, 0.2) is 0 Å². The van der Waals surface area contributed by atoms with E-state index in [1.54, 1.807) is 6.92 Å². The number of hydrogen-bond acceptors (Lipinski definition) is 3. The molecule has 0 aromatic heterocycles. The molecule has 0 saturated heterocycles. The van der Waals surface area contributed by atoms with Crippen molar-refractivity contribution in [3.63, 3.8) is 0 Å². The van der Waals surface area contributed by atoms with Crippen LogP contribution in [0.2, 0.25) is 0 Å². The molecule has 0 bridgehead atoms. The first-order valence-electron chi connectivity index (χ1n) is 5.44. The summed E-state index contributed by atoms with van der Waals surface area (Å²) in [4.78, 5) is 11.3. The first kappa shape index (κ1) is 13.4. The van der Waals surface area contributed by atoms with Crippen LogP contribution in [-0.2, 0) is 9.53 Å². The quantitative estimate of drug-likeness (QED) is 0.509. The average Bonchev–Trinajstić information content (AvgIpc) is 2.17. The third-order valence-electron chi connectivity index (χ3n) is 2.36. The van der Waals surface area contributed by atoms with Crippen molar-refractivity contribution in [2.45, 2.75) is 58.5 Å². The Hall–Kier alpha value is -0.570. The van der Waals surface area contributed by atoms with E-state index in [4.69, 9.17) is 4.74 Å². The molecular formula is C11H22O3. The normalized spacial score (nSPS) is 14.9. The maximum Gasteiger partial charge on any atom is 0.337 e. The van der Waals surface area contributed by atoms with E-state index in [1.165, 1.54) is 19.8 Å². The zero-order chi connectivity index (χ0) is 11.0. The van der Waals surface area contributed by atoms with Crippen LogP contribution in [0, 0.1) is 0 Å². The van der Waals surface area contributed by atoms with Gasteiger partial charge in [0.05, 0.1) is 6.61 Å². The Balaban J connectivity index is 3.54. The van der Waals surface area contributed by atoms with Crippen LogP contribution in [0.5, 0.6) is 0 Å². The number of esters is 1. The summed E-state index contributed by atoms with van der Waals surface area (Å²) in [5.74, 6) is -0.503. The molecule has 0 aliphatic carbocycles. The van der Waals surface area contributed by atoms with Crippen LogP contribution in [0.4, 0.5) is 0 Å². The maximum absolute atomic E-state index is 11.3. The monoisotopic (exact) mass is 202 g/mol. The first-order chi connectivity index (χ1) is 6.54. The van der Waals surface area contributed by atoms with Crippen LogP contribution < -0.4 is 0 Å². The van der Waals surface area contributed by atoms with Gasteiger partial charge in [0.1, 0.15) is 0 Å². The highest BCUT2D eigenvalue weighted by Crippen LogP contribution is 2.11. The lowest BCUT2D eigenvalue weighted by Crippen LogP contribution is -2.36. The number of carbonyl (C=O) groups is 1. The van der Waals surface area contributed by atoms with E-state index in [-0.39, 0.29) is 0 Å². The number of rotatable bonds is 7. The maximum atomic E-state index is 11.3. The molecule has 0 spiro atoms. The molecular weight excluding hydrogens is 180 g/mol. The average molecular weight is 202 g/mol. The van der Waals surface area contributed by atoms with Crippen molar-refractivity contribution in [2.75, 3.05) is 6.61 Å². The molecule has 0 amide bonds. The summed E-state index contributed by atoms with van der Waals surface area (Å²) in [7, 11) is 0. The lowest BCUT2D eigenvalue weighted by molar-refractivity contribution is -0.164. The Morgan fingerprint density at radius 3 is 2.43 bits per heavy atom. The van der Waals surface area contributed by atoms with E-state index in [2.05, 4.69) is 6.92 Å². The molecule has 0 radical (unpaired) electrons. The van der Waals surface area contributed by atoms with Crippen molar-refractivity contribution < 1.29 is 14.6 Å². The van der Waals surface area contributed by atoms with Crippen LogP contribution in [-0.4, -0.2) is 23.3 Å². The second-order valence-electron chi connectivity index (χ2n) is 3.82. The predicted octanol–water partition coefficient (Wildman–Crippen LogP) is 2.27. The molecule has 3 heteroatoms. The minimum Gasteiger partial charge on any atom is -0.464 e. The minimum atomic E-state index is -1.31. The number of unbranched alkanes of at least 4 members (excludes halogenated alkanes) is 3. The van der Waals surface area contributed by atoms with Crippen molar-refractivity contribution >= 4 is 5.97 Å². The second-order valence-corrected chi connectivity index (χ2v) is 3.82. The van der Waals surface area contributed by atoms with E-state index in [0.29, 0.717) is 13.0 Å². The molecule has 0 fully saturated rings. The highest BCUT2D eigenvalue weighted by Gasteiger charge is 2.29. The summed E-state index contributed by atoms with van der Waals surface area (Å²) >= 11 is 0. The van der Waals surface area contributed by atoms with Gasteiger partial charge in [-0.15, -0.1) is 0 Å². The Morgan fingerprint density at radius 2 is 1.93 bits per heavy atom. The second kappa shape index (κ2) is 6.82. The molecule has 1 N–H and O–H groups in total.